The Labute approximate surface area is 345 Å². The zero-order valence-corrected chi connectivity index (χ0v) is 33.0. The van der Waals surface area contributed by atoms with E-state index in [0.29, 0.717) is 5.82 Å². The molecule has 0 unspecified atom stereocenters. The minimum absolute atomic E-state index is 0.175. The second kappa shape index (κ2) is 13.9. The van der Waals surface area contributed by atoms with Gasteiger partial charge in [-0.25, -0.2) is 9.97 Å². The lowest BCUT2D eigenvalue weighted by Gasteiger charge is -2.25. The Morgan fingerprint density at radius 1 is 0.322 bits per heavy atom. The van der Waals surface area contributed by atoms with Crippen molar-refractivity contribution >= 4 is 21.5 Å². The second-order valence-electron chi connectivity index (χ2n) is 16.1. The van der Waals surface area contributed by atoms with Crippen molar-refractivity contribution < 1.29 is 0 Å². The molecule has 0 saturated carbocycles. The van der Waals surface area contributed by atoms with E-state index in [1.165, 1.54) is 71.8 Å². The van der Waals surface area contributed by atoms with Crippen molar-refractivity contribution in [3.05, 3.63) is 217 Å². The third-order valence-corrected chi connectivity index (χ3v) is 12.3. The van der Waals surface area contributed by atoms with Crippen LogP contribution in [0.15, 0.2) is 206 Å². The van der Waals surface area contributed by atoms with Crippen molar-refractivity contribution in [2.45, 2.75) is 19.3 Å². The monoisotopic (exact) mass is 752 g/mol. The van der Waals surface area contributed by atoms with Gasteiger partial charge in [0.15, 0.2) is 5.82 Å². The molecule has 11 rings (SSSR count). The molecule has 2 nitrogen and oxygen atoms in total. The zero-order valence-electron chi connectivity index (χ0n) is 33.0. The van der Waals surface area contributed by atoms with Gasteiger partial charge in [-0.15, -0.1) is 0 Å². The fourth-order valence-electron chi connectivity index (χ4n) is 9.43. The number of hydrogen-bond acceptors (Lipinski definition) is 2. The first-order chi connectivity index (χ1) is 29.0. The van der Waals surface area contributed by atoms with Crippen molar-refractivity contribution in [3.63, 3.8) is 0 Å². The van der Waals surface area contributed by atoms with Crippen LogP contribution in [0.5, 0.6) is 0 Å². The lowest BCUT2D eigenvalue weighted by Crippen LogP contribution is -2.16. The highest BCUT2D eigenvalue weighted by Crippen LogP contribution is 2.54. The van der Waals surface area contributed by atoms with Gasteiger partial charge in [0, 0.05) is 22.1 Å². The summed E-state index contributed by atoms with van der Waals surface area (Å²) in [5.41, 5.74) is 17.3. The SMILES string of the molecule is CC1(C)c2cc3ccccc3cc2-c2cccc(-c3ccc(-c4cc(-c5ccc(-c6ccccc6)c(-c6ccccc6)c5)nc(-c5ccccc5)n4)c4ccccc34)c21. The van der Waals surface area contributed by atoms with Crippen molar-refractivity contribution in [2.24, 2.45) is 0 Å². The van der Waals surface area contributed by atoms with E-state index in [2.05, 4.69) is 214 Å². The number of benzene rings is 9. The van der Waals surface area contributed by atoms with Crippen LogP contribution in [-0.4, -0.2) is 9.97 Å². The lowest BCUT2D eigenvalue weighted by atomic mass is 9.78. The van der Waals surface area contributed by atoms with E-state index in [4.69, 9.17) is 9.97 Å². The normalized spacial score (nSPS) is 12.7. The van der Waals surface area contributed by atoms with Gasteiger partial charge in [0.25, 0.3) is 0 Å². The molecule has 0 fully saturated rings. The average Bonchev–Trinajstić information content (AvgIpc) is 3.53. The van der Waals surface area contributed by atoms with Crippen molar-refractivity contribution in [2.75, 3.05) is 0 Å². The van der Waals surface area contributed by atoms with Crippen LogP contribution in [0.1, 0.15) is 25.0 Å². The van der Waals surface area contributed by atoms with Crippen LogP contribution in [0.2, 0.25) is 0 Å². The third kappa shape index (κ3) is 5.87. The largest absolute Gasteiger partial charge is 0.228 e. The Balaban J connectivity index is 1.09. The van der Waals surface area contributed by atoms with Crippen LogP contribution in [0.25, 0.3) is 100.0 Å². The van der Waals surface area contributed by atoms with Crippen LogP contribution in [-0.2, 0) is 5.41 Å². The first-order valence-electron chi connectivity index (χ1n) is 20.4. The van der Waals surface area contributed by atoms with Crippen LogP contribution >= 0.6 is 0 Å². The molecule has 9 aromatic carbocycles. The molecule has 0 N–H and O–H groups in total. The van der Waals surface area contributed by atoms with Crippen molar-refractivity contribution in [3.8, 4) is 78.4 Å². The molecule has 1 heterocycles. The summed E-state index contributed by atoms with van der Waals surface area (Å²) in [5, 5.41) is 4.92. The molecule has 0 atom stereocenters. The van der Waals surface area contributed by atoms with Gasteiger partial charge in [0.05, 0.1) is 11.4 Å². The number of rotatable bonds is 6. The van der Waals surface area contributed by atoms with E-state index in [-0.39, 0.29) is 5.41 Å². The number of aromatic nitrogens is 2. The summed E-state index contributed by atoms with van der Waals surface area (Å²) in [5.74, 6) is 0.701. The van der Waals surface area contributed by atoms with Gasteiger partial charge in [-0.3, -0.25) is 0 Å². The number of fused-ring (bicyclic) bond motifs is 5. The van der Waals surface area contributed by atoms with Gasteiger partial charge in [0.2, 0.25) is 0 Å². The van der Waals surface area contributed by atoms with Crippen LogP contribution in [0, 0.1) is 0 Å². The molecule has 1 aliphatic carbocycles. The smallest absolute Gasteiger partial charge is 0.160 e. The molecule has 2 heteroatoms. The number of hydrogen-bond donors (Lipinski definition) is 0. The molecule has 0 saturated heterocycles. The summed E-state index contributed by atoms with van der Waals surface area (Å²) in [6.07, 6.45) is 0. The molecule has 0 spiro atoms. The molecule has 59 heavy (non-hydrogen) atoms. The highest BCUT2D eigenvalue weighted by Gasteiger charge is 2.38. The summed E-state index contributed by atoms with van der Waals surface area (Å²) in [6.45, 7) is 4.77. The molecule has 0 aliphatic heterocycles. The molecule has 278 valence electrons. The van der Waals surface area contributed by atoms with E-state index in [9.17, 15) is 0 Å². The minimum atomic E-state index is -0.175. The Morgan fingerprint density at radius 3 is 1.54 bits per heavy atom. The maximum atomic E-state index is 5.32. The van der Waals surface area contributed by atoms with Gasteiger partial charge < -0.3 is 0 Å². The fraction of sp³-hybridized carbons (Fsp3) is 0.0526. The van der Waals surface area contributed by atoms with E-state index < -0.39 is 0 Å². The molecular formula is C57H40N2. The van der Waals surface area contributed by atoms with Crippen LogP contribution in [0.4, 0.5) is 0 Å². The van der Waals surface area contributed by atoms with Gasteiger partial charge in [-0.2, -0.15) is 0 Å². The van der Waals surface area contributed by atoms with Crippen LogP contribution in [0.3, 0.4) is 0 Å². The Kier molecular flexibility index (Phi) is 8.20. The number of nitrogens with zero attached hydrogens (tertiary/aromatic N) is 2. The van der Waals surface area contributed by atoms with Gasteiger partial charge >= 0.3 is 0 Å². The van der Waals surface area contributed by atoms with Gasteiger partial charge in [-0.05, 0) is 101 Å². The maximum Gasteiger partial charge on any atom is 0.160 e. The molecule has 0 bridgehead atoms. The first-order valence-corrected chi connectivity index (χ1v) is 20.4. The fourth-order valence-corrected chi connectivity index (χ4v) is 9.43. The average molecular weight is 753 g/mol. The quantitative estimate of drug-likeness (QED) is 0.169. The molecule has 0 radical (unpaired) electrons. The van der Waals surface area contributed by atoms with Crippen LogP contribution < -0.4 is 0 Å². The standard InChI is InChI=1S/C57H40N2/c1-57(2)52-35-41-24-13-12-23-40(41)33-51(52)49-28-16-27-48(55(49)57)46-31-32-47(45-26-15-14-25-44(45)46)54-36-53(58-56(59-54)39-21-10-5-11-22-39)42-29-30-43(37-17-6-3-7-18-37)50(34-42)38-19-8-4-9-20-38/h3-36H,1-2H3. The second-order valence-corrected chi connectivity index (χ2v) is 16.1. The topological polar surface area (TPSA) is 25.8 Å². The Hall–Kier alpha value is -7.42. The molecular weight excluding hydrogens is 713 g/mol. The Morgan fingerprint density at radius 2 is 0.847 bits per heavy atom. The minimum Gasteiger partial charge on any atom is -0.228 e. The summed E-state index contributed by atoms with van der Waals surface area (Å²) in [7, 11) is 0. The lowest BCUT2D eigenvalue weighted by molar-refractivity contribution is 0.663. The van der Waals surface area contributed by atoms with E-state index in [1.807, 2.05) is 6.07 Å². The summed E-state index contributed by atoms with van der Waals surface area (Å²) in [4.78, 5) is 10.6. The first kappa shape index (κ1) is 34.8. The molecule has 1 aliphatic rings. The van der Waals surface area contributed by atoms with Gasteiger partial charge in [-0.1, -0.05) is 196 Å². The summed E-state index contributed by atoms with van der Waals surface area (Å²) in [6, 6.07) is 74.3. The van der Waals surface area contributed by atoms with Crippen molar-refractivity contribution in [1.29, 1.82) is 0 Å². The summed E-state index contributed by atoms with van der Waals surface area (Å²) >= 11 is 0. The Bertz CT molecular complexity index is 3220. The predicted octanol–water partition coefficient (Wildman–Crippen LogP) is 15.1. The predicted molar refractivity (Wildman–Crippen MR) is 247 cm³/mol. The maximum absolute atomic E-state index is 5.32. The van der Waals surface area contributed by atoms with E-state index >= 15 is 0 Å². The molecule has 10 aromatic rings. The highest BCUT2D eigenvalue weighted by atomic mass is 14.9. The van der Waals surface area contributed by atoms with E-state index in [0.717, 1.165) is 33.5 Å². The molecule has 0 amide bonds. The molecule has 1 aromatic heterocycles. The third-order valence-electron chi connectivity index (χ3n) is 12.3. The van der Waals surface area contributed by atoms with Crippen molar-refractivity contribution in [1.82, 2.24) is 9.97 Å². The summed E-state index contributed by atoms with van der Waals surface area (Å²) < 4.78 is 0. The zero-order chi connectivity index (χ0) is 39.5. The highest BCUT2D eigenvalue weighted by molar-refractivity contribution is 6.07. The van der Waals surface area contributed by atoms with Gasteiger partial charge in [0.1, 0.15) is 0 Å². The van der Waals surface area contributed by atoms with E-state index in [1.54, 1.807) is 0 Å².